The van der Waals surface area contributed by atoms with E-state index in [4.69, 9.17) is 10.5 Å². The molecule has 1 aliphatic rings. The van der Waals surface area contributed by atoms with Crippen LogP contribution in [0.25, 0.3) is 0 Å². The highest BCUT2D eigenvalue weighted by atomic mass is 16.5. The first-order valence-electron chi connectivity index (χ1n) is 6.13. The third-order valence-corrected chi connectivity index (χ3v) is 3.35. The number of hydrogen-bond donors (Lipinski definition) is 1. The molecule has 6 heteroatoms. The Morgan fingerprint density at radius 3 is 3.11 bits per heavy atom. The number of aryl methyl sites for hydroxylation is 1. The lowest BCUT2D eigenvalue weighted by molar-refractivity contribution is -0.131. The van der Waals surface area contributed by atoms with Crippen LogP contribution < -0.4 is 5.73 Å². The molecule has 6 nitrogen and oxygen atoms in total. The second kappa shape index (κ2) is 5.49. The van der Waals surface area contributed by atoms with E-state index in [1.54, 1.807) is 24.2 Å². The topological polar surface area (TPSA) is 73.4 Å². The van der Waals surface area contributed by atoms with Gasteiger partial charge >= 0.3 is 0 Å². The normalized spacial score (nSPS) is 21.3. The van der Waals surface area contributed by atoms with Crippen molar-refractivity contribution in [1.82, 2.24) is 14.7 Å². The molecule has 1 aliphatic heterocycles. The van der Waals surface area contributed by atoms with Gasteiger partial charge in [-0.3, -0.25) is 9.48 Å². The summed E-state index contributed by atoms with van der Waals surface area (Å²) in [6, 6.07) is -0.611. The SMILES string of the molecule is COCC1CCN(C(=O)C(N)c2cnn(C)c2)C1. The van der Waals surface area contributed by atoms with Crippen LogP contribution in [0.4, 0.5) is 0 Å². The standard InChI is InChI=1S/C12H20N4O2/c1-15-7-10(5-14-15)11(13)12(17)16-4-3-9(6-16)8-18-2/h5,7,9,11H,3-4,6,8,13H2,1-2H3. The predicted molar refractivity (Wildman–Crippen MR) is 66.7 cm³/mol. The monoisotopic (exact) mass is 252 g/mol. The Bertz CT molecular complexity index is 418. The van der Waals surface area contributed by atoms with Crippen molar-refractivity contribution in [2.75, 3.05) is 26.8 Å². The van der Waals surface area contributed by atoms with Crippen molar-refractivity contribution >= 4 is 5.91 Å². The third kappa shape index (κ3) is 2.70. The van der Waals surface area contributed by atoms with Crippen LogP contribution in [0.15, 0.2) is 12.4 Å². The number of rotatable bonds is 4. The largest absolute Gasteiger partial charge is 0.384 e. The number of aromatic nitrogens is 2. The third-order valence-electron chi connectivity index (χ3n) is 3.35. The highest BCUT2D eigenvalue weighted by Gasteiger charge is 2.30. The minimum atomic E-state index is -0.611. The van der Waals surface area contributed by atoms with Gasteiger partial charge in [0.25, 0.3) is 0 Å². The molecular weight excluding hydrogens is 232 g/mol. The fourth-order valence-corrected chi connectivity index (χ4v) is 2.34. The number of amides is 1. The van der Waals surface area contributed by atoms with Gasteiger partial charge in [-0.15, -0.1) is 0 Å². The number of carbonyl (C=O) groups is 1. The summed E-state index contributed by atoms with van der Waals surface area (Å²) in [5.41, 5.74) is 6.74. The molecule has 18 heavy (non-hydrogen) atoms. The maximum absolute atomic E-state index is 12.2. The van der Waals surface area contributed by atoms with Crippen molar-refractivity contribution in [1.29, 1.82) is 0 Å². The average Bonchev–Trinajstić information content (AvgIpc) is 2.97. The Hall–Kier alpha value is -1.40. The minimum absolute atomic E-state index is 0.0263. The van der Waals surface area contributed by atoms with Crippen LogP contribution in [0.1, 0.15) is 18.0 Å². The molecule has 0 bridgehead atoms. The van der Waals surface area contributed by atoms with Gasteiger partial charge in [0.2, 0.25) is 5.91 Å². The molecule has 0 saturated carbocycles. The van der Waals surface area contributed by atoms with E-state index in [1.807, 2.05) is 11.9 Å². The number of nitrogens with two attached hydrogens (primary N) is 1. The van der Waals surface area contributed by atoms with E-state index in [1.165, 1.54) is 0 Å². The lowest BCUT2D eigenvalue weighted by Crippen LogP contribution is -2.37. The first-order chi connectivity index (χ1) is 8.61. The molecule has 2 rings (SSSR count). The molecular formula is C12H20N4O2. The zero-order valence-corrected chi connectivity index (χ0v) is 10.9. The summed E-state index contributed by atoms with van der Waals surface area (Å²) in [4.78, 5) is 14.0. The maximum Gasteiger partial charge on any atom is 0.244 e. The Labute approximate surface area is 107 Å². The maximum atomic E-state index is 12.2. The number of ether oxygens (including phenoxy) is 1. The van der Waals surface area contributed by atoms with Gasteiger partial charge in [0.1, 0.15) is 6.04 Å². The van der Waals surface area contributed by atoms with Crippen LogP contribution in [0.3, 0.4) is 0 Å². The molecule has 1 aromatic rings. The number of hydrogen-bond acceptors (Lipinski definition) is 4. The van der Waals surface area contributed by atoms with E-state index in [-0.39, 0.29) is 5.91 Å². The summed E-state index contributed by atoms with van der Waals surface area (Å²) in [5.74, 6) is 0.404. The Morgan fingerprint density at radius 2 is 2.50 bits per heavy atom. The average molecular weight is 252 g/mol. The smallest absolute Gasteiger partial charge is 0.244 e. The summed E-state index contributed by atoms with van der Waals surface area (Å²) < 4.78 is 6.77. The lowest BCUT2D eigenvalue weighted by Gasteiger charge is -2.20. The zero-order valence-electron chi connectivity index (χ0n) is 10.9. The molecule has 2 atom stereocenters. The van der Waals surface area contributed by atoms with E-state index >= 15 is 0 Å². The molecule has 1 amide bonds. The Morgan fingerprint density at radius 1 is 1.72 bits per heavy atom. The van der Waals surface area contributed by atoms with E-state index < -0.39 is 6.04 Å². The van der Waals surface area contributed by atoms with Gasteiger partial charge in [-0.2, -0.15) is 5.10 Å². The van der Waals surface area contributed by atoms with Crippen molar-refractivity contribution in [3.8, 4) is 0 Å². The number of likely N-dealkylation sites (tertiary alicyclic amines) is 1. The number of methoxy groups -OCH3 is 1. The predicted octanol–water partition coefficient (Wildman–Crippen LogP) is -0.0852. The van der Waals surface area contributed by atoms with Gasteiger partial charge in [0.05, 0.1) is 12.8 Å². The molecule has 1 saturated heterocycles. The van der Waals surface area contributed by atoms with Gasteiger partial charge in [-0.1, -0.05) is 0 Å². The quantitative estimate of drug-likeness (QED) is 0.813. The van der Waals surface area contributed by atoms with Crippen molar-refractivity contribution in [3.05, 3.63) is 18.0 Å². The zero-order chi connectivity index (χ0) is 13.1. The lowest BCUT2D eigenvalue weighted by atomic mass is 10.1. The van der Waals surface area contributed by atoms with Gasteiger partial charge in [0, 0.05) is 44.9 Å². The van der Waals surface area contributed by atoms with Crippen LogP contribution in [0.5, 0.6) is 0 Å². The fraction of sp³-hybridized carbons (Fsp3) is 0.667. The molecule has 2 N–H and O–H groups in total. The summed E-state index contributed by atoms with van der Waals surface area (Å²) in [6.07, 6.45) is 4.41. The summed E-state index contributed by atoms with van der Waals surface area (Å²) in [7, 11) is 3.50. The Kier molecular flexibility index (Phi) is 3.98. The first kappa shape index (κ1) is 13.0. The van der Waals surface area contributed by atoms with Crippen LogP contribution in [0, 0.1) is 5.92 Å². The second-order valence-electron chi connectivity index (χ2n) is 4.82. The van der Waals surface area contributed by atoms with E-state index in [2.05, 4.69) is 5.10 Å². The van der Waals surface area contributed by atoms with Gasteiger partial charge in [0.15, 0.2) is 0 Å². The summed E-state index contributed by atoms with van der Waals surface area (Å²) >= 11 is 0. The molecule has 0 aliphatic carbocycles. The molecule has 0 aromatic carbocycles. The van der Waals surface area contributed by atoms with Crippen LogP contribution in [-0.2, 0) is 16.6 Å². The highest BCUT2D eigenvalue weighted by molar-refractivity contribution is 5.83. The van der Waals surface area contributed by atoms with E-state index in [0.29, 0.717) is 12.5 Å². The van der Waals surface area contributed by atoms with E-state index in [9.17, 15) is 4.79 Å². The molecule has 0 spiro atoms. The fourth-order valence-electron chi connectivity index (χ4n) is 2.34. The van der Waals surface area contributed by atoms with Crippen molar-refractivity contribution in [2.45, 2.75) is 12.5 Å². The molecule has 100 valence electrons. The molecule has 0 radical (unpaired) electrons. The molecule has 2 unspecified atom stereocenters. The van der Waals surface area contributed by atoms with E-state index in [0.717, 1.165) is 25.1 Å². The van der Waals surface area contributed by atoms with Crippen LogP contribution >= 0.6 is 0 Å². The number of carbonyl (C=O) groups excluding carboxylic acids is 1. The van der Waals surface area contributed by atoms with Crippen molar-refractivity contribution in [3.63, 3.8) is 0 Å². The van der Waals surface area contributed by atoms with Crippen LogP contribution in [-0.4, -0.2) is 47.4 Å². The number of nitrogens with zero attached hydrogens (tertiary/aromatic N) is 3. The van der Waals surface area contributed by atoms with Crippen molar-refractivity contribution in [2.24, 2.45) is 18.7 Å². The van der Waals surface area contributed by atoms with Crippen molar-refractivity contribution < 1.29 is 9.53 Å². The van der Waals surface area contributed by atoms with Gasteiger partial charge < -0.3 is 15.4 Å². The van der Waals surface area contributed by atoms with Gasteiger partial charge in [-0.25, -0.2) is 0 Å². The first-order valence-corrected chi connectivity index (χ1v) is 6.13. The Balaban J connectivity index is 1.95. The highest BCUT2D eigenvalue weighted by Crippen LogP contribution is 2.20. The molecule has 1 fully saturated rings. The van der Waals surface area contributed by atoms with Gasteiger partial charge in [-0.05, 0) is 6.42 Å². The molecule has 2 heterocycles. The second-order valence-corrected chi connectivity index (χ2v) is 4.82. The molecule has 1 aromatic heterocycles. The summed E-state index contributed by atoms with van der Waals surface area (Å²) in [5, 5.41) is 4.04. The summed E-state index contributed by atoms with van der Waals surface area (Å²) in [6.45, 7) is 2.20. The van der Waals surface area contributed by atoms with Crippen LogP contribution in [0.2, 0.25) is 0 Å². The minimum Gasteiger partial charge on any atom is -0.384 e.